The van der Waals surface area contributed by atoms with E-state index in [0.717, 1.165) is 0 Å². The second-order valence-electron chi connectivity index (χ2n) is 6.20. The number of non-ortho nitro benzene ring substituents is 1. The molecule has 1 fully saturated rings. The van der Waals surface area contributed by atoms with Crippen molar-refractivity contribution in [3.8, 4) is 0 Å². The Morgan fingerprint density at radius 2 is 2.00 bits per heavy atom. The van der Waals surface area contributed by atoms with E-state index in [0.29, 0.717) is 5.56 Å². The second-order valence-corrected chi connectivity index (χ2v) is 6.20. The molecule has 0 spiro atoms. The Morgan fingerprint density at radius 1 is 1.36 bits per heavy atom. The normalized spacial score (nSPS) is 23.4. The quantitative estimate of drug-likeness (QED) is 0.639. The van der Waals surface area contributed by atoms with Gasteiger partial charge < -0.3 is 10.4 Å². The summed E-state index contributed by atoms with van der Waals surface area (Å²) in [6, 6.07) is 5.58. The largest absolute Gasteiger partial charge is 0.481 e. The molecule has 1 saturated carbocycles. The fourth-order valence-corrected chi connectivity index (χ4v) is 2.88. The van der Waals surface area contributed by atoms with Crippen molar-refractivity contribution in [1.82, 2.24) is 5.32 Å². The lowest BCUT2D eigenvalue weighted by molar-refractivity contribution is -0.384. The Labute approximate surface area is 127 Å². The van der Waals surface area contributed by atoms with Crippen molar-refractivity contribution >= 4 is 17.6 Å². The van der Waals surface area contributed by atoms with Gasteiger partial charge in [-0.05, 0) is 17.9 Å². The lowest BCUT2D eigenvalue weighted by Gasteiger charge is -2.14. The molecule has 3 atom stereocenters. The average Bonchev–Trinajstić information content (AvgIpc) is 3.02. The van der Waals surface area contributed by atoms with Crippen molar-refractivity contribution in [2.45, 2.75) is 26.8 Å². The number of hydrogen-bond acceptors (Lipinski definition) is 4. The van der Waals surface area contributed by atoms with Gasteiger partial charge in [0.1, 0.15) is 0 Å². The van der Waals surface area contributed by atoms with Crippen molar-refractivity contribution in [2.24, 2.45) is 17.3 Å². The van der Waals surface area contributed by atoms with Crippen LogP contribution in [0.3, 0.4) is 0 Å². The van der Waals surface area contributed by atoms with Gasteiger partial charge in [0.2, 0.25) is 5.91 Å². The van der Waals surface area contributed by atoms with Crippen LogP contribution in [0.15, 0.2) is 24.3 Å². The van der Waals surface area contributed by atoms with Crippen LogP contribution in [0, 0.1) is 27.4 Å². The number of nitrogens with one attached hydrogen (secondary N) is 1. The van der Waals surface area contributed by atoms with Crippen molar-refractivity contribution in [3.63, 3.8) is 0 Å². The van der Waals surface area contributed by atoms with Crippen LogP contribution in [0.5, 0.6) is 0 Å². The molecular weight excluding hydrogens is 288 g/mol. The van der Waals surface area contributed by atoms with Gasteiger partial charge in [-0.1, -0.05) is 26.0 Å². The molecule has 0 aliphatic heterocycles. The molecule has 7 nitrogen and oxygen atoms in total. The van der Waals surface area contributed by atoms with E-state index < -0.39 is 34.2 Å². The molecule has 2 rings (SSSR count). The minimum Gasteiger partial charge on any atom is -0.481 e. The van der Waals surface area contributed by atoms with Crippen molar-refractivity contribution in [1.29, 1.82) is 0 Å². The van der Waals surface area contributed by atoms with Gasteiger partial charge in [0, 0.05) is 12.1 Å². The number of carboxylic acid groups (broad SMARTS) is 1. The number of amides is 1. The number of carbonyl (C=O) groups excluding carboxylic acids is 1. The molecule has 0 radical (unpaired) electrons. The molecule has 1 aromatic carbocycles. The van der Waals surface area contributed by atoms with Crippen LogP contribution in [-0.2, 0) is 9.59 Å². The van der Waals surface area contributed by atoms with Crippen molar-refractivity contribution < 1.29 is 19.6 Å². The van der Waals surface area contributed by atoms with Gasteiger partial charge in [-0.3, -0.25) is 19.7 Å². The summed E-state index contributed by atoms with van der Waals surface area (Å²) in [5, 5.41) is 22.6. The van der Waals surface area contributed by atoms with Crippen LogP contribution in [0.4, 0.5) is 5.69 Å². The zero-order valence-electron chi connectivity index (χ0n) is 12.6. The summed E-state index contributed by atoms with van der Waals surface area (Å²) in [5.41, 5.74) is -0.0140. The highest BCUT2D eigenvalue weighted by Crippen LogP contribution is 2.58. The summed E-state index contributed by atoms with van der Waals surface area (Å²) in [6.45, 7) is 5.20. The van der Waals surface area contributed by atoms with Crippen LogP contribution in [-0.4, -0.2) is 21.9 Å². The van der Waals surface area contributed by atoms with Crippen LogP contribution in [0.2, 0.25) is 0 Å². The lowest BCUT2D eigenvalue weighted by Crippen LogP contribution is -2.30. The van der Waals surface area contributed by atoms with Crippen LogP contribution >= 0.6 is 0 Å². The molecule has 0 heterocycles. The van der Waals surface area contributed by atoms with E-state index in [4.69, 9.17) is 5.11 Å². The van der Waals surface area contributed by atoms with E-state index in [1.807, 2.05) is 0 Å². The summed E-state index contributed by atoms with van der Waals surface area (Å²) in [4.78, 5) is 33.6. The first-order valence-corrected chi connectivity index (χ1v) is 6.93. The maximum atomic E-state index is 12.2. The summed E-state index contributed by atoms with van der Waals surface area (Å²) >= 11 is 0. The van der Waals surface area contributed by atoms with Crippen LogP contribution in [0.1, 0.15) is 32.4 Å². The van der Waals surface area contributed by atoms with E-state index in [1.165, 1.54) is 12.1 Å². The lowest BCUT2D eigenvalue weighted by atomic mass is 10.1. The second kappa shape index (κ2) is 5.40. The third-order valence-corrected chi connectivity index (χ3v) is 4.32. The van der Waals surface area contributed by atoms with Gasteiger partial charge >= 0.3 is 5.97 Å². The fraction of sp³-hybridized carbons (Fsp3) is 0.467. The van der Waals surface area contributed by atoms with E-state index in [1.54, 1.807) is 32.9 Å². The van der Waals surface area contributed by atoms with E-state index >= 15 is 0 Å². The predicted octanol–water partition coefficient (Wildman–Crippen LogP) is 2.13. The number of hydrogen-bond donors (Lipinski definition) is 2. The Morgan fingerprint density at radius 3 is 2.50 bits per heavy atom. The van der Waals surface area contributed by atoms with Gasteiger partial charge in [-0.2, -0.15) is 0 Å². The van der Waals surface area contributed by atoms with Gasteiger partial charge in [0.15, 0.2) is 0 Å². The number of nitrogens with zero attached hydrogens (tertiary/aromatic N) is 1. The number of benzene rings is 1. The number of carboxylic acids is 1. The van der Waals surface area contributed by atoms with Gasteiger partial charge in [0.25, 0.3) is 5.69 Å². The first-order chi connectivity index (χ1) is 10.2. The third-order valence-electron chi connectivity index (χ3n) is 4.32. The highest BCUT2D eigenvalue weighted by Gasteiger charge is 2.65. The maximum Gasteiger partial charge on any atom is 0.307 e. The molecular formula is C15H18N2O5. The van der Waals surface area contributed by atoms with Crippen molar-refractivity contribution in [2.75, 3.05) is 0 Å². The zero-order valence-corrected chi connectivity index (χ0v) is 12.6. The Bertz CT molecular complexity index is 641. The monoisotopic (exact) mass is 306 g/mol. The number of rotatable bonds is 5. The highest BCUT2D eigenvalue weighted by molar-refractivity contribution is 5.91. The number of carbonyl (C=O) groups is 2. The summed E-state index contributed by atoms with van der Waals surface area (Å²) in [6.07, 6.45) is 0. The third kappa shape index (κ3) is 2.79. The molecule has 1 aliphatic carbocycles. The number of aliphatic carboxylic acids is 1. The Kier molecular flexibility index (Phi) is 3.91. The van der Waals surface area contributed by atoms with Crippen LogP contribution in [0.25, 0.3) is 0 Å². The molecule has 1 amide bonds. The van der Waals surface area contributed by atoms with Crippen LogP contribution < -0.4 is 5.32 Å². The smallest absolute Gasteiger partial charge is 0.307 e. The van der Waals surface area contributed by atoms with Gasteiger partial charge in [-0.15, -0.1) is 0 Å². The highest BCUT2D eigenvalue weighted by atomic mass is 16.6. The SMILES string of the molecule is CC(NC(=O)[C@@H]1[C@H](C(=O)O)C1(C)C)c1cccc([N+](=O)[O-])c1. The Hall–Kier alpha value is -2.44. The zero-order chi connectivity index (χ0) is 16.7. The molecule has 1 aromatic rings. The maximum absolute atomic E-state index is 12.2. The number of nitro groups is 1. The topological polar surface area (TPSA) is 110 Å². The van der Waals surface area contributed by atoms with Gasteiger partial charge in [0.05, 0.1) is 22.8 Å². The molecule has 0 saturated heterocycles. The van der Waals surface area contributed by atoms with E-state index in [9.17, 15) is 19.7 Å². The van der Waals surface area contributed by atoms with E-state index in [-0.39, 0.29) is 11.6 Å². The van der Waals surface area contributed by atoms with Gasteiger partial charge in [-0.25, -0.2) is 0 Å². The Balaban J connectivity index is 2.08. The molecule has 118 valence electrons. The number of nitro benzene ring substituents is 1. The molecule has 1 unspecified atom stereocenters. The summed E-state index contributed by atoms with van der Waals surface area (Å²) in [7, 11) is 0. The molecule has 7 heteroatoms. The molecule has 0 aromatic heterocycles. The first-order valence-electron chi connectivity index (χ1n) is 6.93. The molecule has 22 heavy (non-hydrogen) atoms. The standard InChI is InChI=1S/C15H18N2O5/c1-8(9-5-4-6-10(7-9)17(21)22)16-13(18)11-12(14(19)20)15(11,2)3/h4-8,11-12H,1-3H3,(H,16,18)(H,19,20)/t8?,11-,12+/m0/s1. The fourth-order valence-electron chi connectivity index (χ4n) is 2.88. The predicted molar refractivity (Wildman–Crippen MR) is 78.1 cm³/mol. The summed E-state index contributed by atoms with van der Waals surface area (Å²) in [5.74, 6) is -2.58. The minimum absolute atomic E-state index is 0.0474. The molecule has 2 N–H and O–H groups in total. The van der Waals surface area contributed by atoms with E-state index in [2.05, 4.69) is 5.32 Å². The molecule has 1 aliphatic rings. The molecule has 0 bridgehead atoms. The summed E-state index contributed by atoms with van der Waals surface area (Å²) < 4.78 is 0. The minimum atomic E-state index is -0.979. The van der Waals surface area contributed by atoms with Crippen molar-refractivity contribution in [3.05, 3.63) is 39.9 Å². The first kappa shape index (κ1) is 15.9. The average molecular weight is 306 g/mol.